The molecule has 3 nitrogen and oxygen atoms in total. The summed E-state index contributed by atoms with van der Waals surface area (Å²) in [7, 11) is 3.25. The molecule has 0 spiro atoms. The van der Waals surface area contributed by atoms with E-state index in [1.54, 1.807) is 14.2 Å². The molecule has 106 valence electrons. The quantitative estimate of drug-likeness (QED) is 0.696. The van der Waals surface area contributed by atoms with Crippen LogP contribution in [-0.2, 0) is 0 Å². The molecule has 0 saturated carbocycles. The average Bonchev–Trinajstić information content (AvgIpc) is 2.54. The van der Waals surface area contributed by atoms with Crippen LogP contribution in [-0.4, -0.2) is 14.2 Å². The van der Waals surface area contributed by atoms with E-state index in [9.17, 15) is 0 Å². The maximum absolute atomic E-state index is 5.95. The Kier molecular flexibility index (Phi) is 3.65. The molecule has 0 bridgehead atoms. The third-order valence-electron chi connectivity index (χ3n) is 3.30. The summed E-state index contributed by atoms with van der Waals surface area (Å²) in [5.74, 6) is 2.67. The summed E-state index contributed by atoms with van der Waals surface area (Å²) in [5.41, 5.74) is 0. The van der Waals surface area contributed by atoms with Crippen LogP contribution < -0.4 is 14.2 Å². The molecule has 0 N–H and O–H groups in total. The van der Waals surface area contributed by atoms with E-state index in [0.717, 1.165) is 16.5 Å². The van der Waals surface area contributed by atoms with Crippen molar-refractivity contribution in [2.45, 2.75) is 0 Å². The molecule has 0 aliphatic heterocycles. The maximum Gasteiger partial charge on any atom is 0.204 e. The fourth-order valence-electron chi connectivity index (χ4n) is 2.36. The normalized spacial score (nSPS) is 10.4. The Bertz CT molecular complexity index is 751. The van der Waals surface area contributed by atoms with Crippen molar-refractivity contribution in [1.29, 1.82) is 0 Å². The van der Waals surface area contributed by atoms with Crippen molar-refractivity contribution >= 4 is 10.8 Å². The third-order valence-corrected chi connectivity index (χ3v) is 3.30. The number of rotatable bonds is 4. The van der Waals surface area contributed by atoms with E-state index in [1.807, 2.05) is 60.7 Å². The molecule has 0 aromatic heterocycles. The highest BCUT2D eigenvalue weighted by atomic mass is 16.5. The van der Waals surface area contributed by atoms with E-state index in [0.29, 0.717) is 17.2 Å². The summed E-state index contributed by atoms with van der Waals surface area (Å²) in [4.78, 5) is 0. The monoisotopic (exact) mass is 280 g/mol. The highest BCUT2D eigenvalue weighted by Crippen LogP contribution is 2.44. The van der Waals surface area contributed by atoms with Crippen LogP contribution >= 0.6 is 0 Å². The van der Waals surface area contributed by atoms with Gasteiger partial charge in [0.05, 0.1) is 14.2 Å². The second kappa shape index (κ2) is 5.75. The minimum absolute atomic E-state index is 0.597. The van der Waals surface area contributed by atoms with Gasteiger partial charge in [0.2, 0.25) is 5.75 Å². The molecule has 0 unspecified atom stereocenters. The Morgan fingerprint density at radius 1 is 0.714 bits per heavy atom. The van der Waals surface area contributed by atoms with Gasteiger partial charge in [-0.2, -0.15) is 0 Å². The number of ether oxygens (including phenoxy) is 3. The first-order chi connectivity index (χ1) is 10.3. The summed E-state index contributed by atoms with van der Waals surface area (Å²) in [5, 5.41) is 2.04. The molecular weight excluding hydrogens is 264 g/mol. The van der Waals surface area contributed by atoms with Gasteiger partial charge in [0.15, 0.2) is 11.5 Å². The molecule has 3 rings (SSSR count). The molecule has 0 aliphatic carbocycles. The van der Waals surface area contributed by atoms with Crippen molar-refractivity contribution in [3.8, 4) is 23.0 Å². The SMILES string of the molecule is COc1c(Oc2ccccc2)cc2ccccc2c1OC. The van der Waals surface area contributed by atoms with E-state index in [2.05, 4.69) is 0 Å². The van der Waals surface area contributed by atoms with Crippen molar-refractivity contribution in [2.24, 2.45) is 0 Å². The third kappa shape index (κ3) is 2.50. The zero-order valence-corrected chi connectivity index (χ0v) is 12.0. The molecule has 0 saturated heterocycles. The molecule has 0 amide bonds. The lowest BCUT2D eigenvalue weighted by molar-refractivity contribution is 0.339. The Morgan fingerprint density at radius 2 is 1.38 bits per heavy atom. The van der Waals surface area contributed by atoms with E-state index in [1.165, 1.54) is 0 Å². The number of para-hydroxylation sites is 1. The molecule has 0 aliphatic rings. The van der Waals surface area contributed by atoms with Crippen molar-refractivity contribution in [2.75, 3.05) is 14.2 Å². The fraction of sp³-hybridized carbons (Fsp3) is 0.111. The molecule has 3 aromatic carbocycles. The fourth-order valence-corrected chi connectivity index (χ4v) is 2.36. The van der Waals surface area contributed by atoms with Crippen molar-refractivity contribution in [3.05, 3.63) is 60.7 Å². The number of methoxy groups -OCH3 is 2. The van der Waals surface area contributed by atoms with Gasteiger partial charge in [-0.05, 0) is 23.6 Å². The summed E-state index contributed by atoms with van der Waals surface area (Å²) < 4.78 is 17.0. The van der Waals surface area contributed by atoms with Gasteiger partial charge in [0.1, 0.15) is 5.75 Å². The van der Waals surface area contributed by atoms with Gasteiger partial charge in [-0.25, -0.2) is 0 Å². The van der Waals surface area contributed by atoms with Gasteiger partial charge in [0.25, 0.3) is 0 Å². The number of benzene rings is 3. The summed E-state index contributed by atoms with van der Waals surface area (Å²) in [6.07, 6.45) is 0. The molecule has 0 fully saturated rings. The van der Waals surface area contributed by atoms with Crippen molar-refractivity contribution < 1.29 is 14.2 Å². The van der Waals surface area contributed by atoms with Crippen LogP contribution in [0.4, 0.5) is 0 Å². The number of fused-ring (bicyclic) bond motifs is 1. The summed E-state index contributed by atoms with van der Waals surface area (Å²) >= 11 is 0. The largest absolute Gasteiger partial charge is 0.492 e. The van der Waals surface area contributed by atoms with Crippen molar-refractivity contribution in [3.63, 3.8) is 0 Å². The van der Waals surface area contributed by atoms with Gasteiger partial charge in [-0.15, -0.1) is 0 Å². The predicted octanol–water partition coefficient (Wildman–Crippen LogP) is 4.65. The van der Waals surface area contributed by atoms with Crippen LogP contribution in [0.1, 0.15) is 0 Å². The Morgan fingerprint density at radius 3 is 2.10 bits per heavy atom. The number of hydrogen-bond acceptors (Lipinski definition) is 3. The van der Waals surface area contributed by atoms with Crippen molar-refractivity contribution in [1.82, 2.24) is 0 Å². The number of hydrogen-bond donors (Lipinski definition) is 0. The Hall–Kier alpha value is -2.68. The zero-order chi connectivity index (χ0) is 14.7. The van der Waals surface area contributed by atoms with E-state index < -0.39 is 0 Å². The lowest BCUT2D eigenvalue weighted by Gasteiger charge is -2.16. The minimum atomic E-state index is 0.597. The van der Waals surface area contributed by atoms with Crippen LogP contribution in [0.15, 0.2) is 60.7 Å². The first-order valence-electron chi connectivity index (χ1n) is 6.70. The van der Waals surface area contributed by atoms with Gasteiger partial charge in [-0.1, -0.05) is 42.5 Å². The van der Waals surface area contributed by atoms with Gasteiger partial charge in [0, 0.05) is 5.39 Å². The van der Waals surface area contributed by atoms with E-state index in [4.69, 9.17) is 14.2 Å². The highest BCUT2D eigenvalue weighted by Gasteiger charge is 2.16. The van der Waals surface area contributed by atoms with E-state index >= 15 is 0 Å². The lowest BCUT2D eigenvalue weighted by Crippen LogP contribution is -1.95. The summed E-state index contributed by atoms with van der Waals surface area (Å²) in [6, 6.07) is 19.6. The molecule has 0 atom stereocenters. The smallest absolute Gasteiger partial charge is 0.204 e. The van der Waals surface area contributed by atoms with Crippen LogP contribution in [0.2, 0.25) is 0 Å². The van der Waals surface area contributed by atoms with Crippen LogP contribution in [0.25, 0.3) is 10.8 Å². The van der Waals surface area contributed by atoms with Gasteiger partial charge < -0.3 is 14.2 Å². The zero-order valence-electron chi connectivity index (χ0n) is 12.0. The minimum Gasteiger partial charge on any atom is -0.492 e. The van der Waals surface area contributed by atoms with Gasteiger partial charge >= 0.3 is 0 Å². The first kappa shape index (κ1) is 13.3. The standard InChI is InChI=1S/C18H16O3/c1-19-17-15-11-7-6-8-13(15)12-16(18(17)20-2)21-14-9-4-3-5-10-14/h3-12H,1-2H3. The Labute approximate surface area is 123 Å². The average molecular weight is 280 g/mol. The maximum atomic E-state index is 5.95. The second-order valence-electron chi connectivity index (χ2n) is 4.58. The molecule has 3 heteroatoms. The second-order valence-corrected chi connectivity index (χ2v) is 4.58. The van der Waals surface area contributed by atoms with Crippen LogP contribution in [0.5, 0.6) is 23.0 Å². The predicted molar refractivity (Wildman–Crippen MR) is 83.6 cm³/mol. The molecule has 3 aromatic rings. The van der Waals surface area contributed by atoms with Crippen LogP contribution in [0, 0.1) is 0 Å². The molecular formula is C18H16O3. The van der Waals surface area contributed by atoms with E-state index in [-0.39, 0.29) is 0 Å². The molecule has 21 heavy (non-hydrogen) atoms. The molecule has 0 radical (unpaired) electrons. The highest BCUT2D eigenvalue weighted by molar-refractivity contribution is 5.93. The molecule has 0 heterocycles. The van der Waals surface area contributed by atoms with Crippen LogP contribution in [0.3, 0.4) is 0 Å². The Balaban J connectivity index is 2.17. The lowest BCUT2D eigenvalue weighted by atomic mass is 10.1. The summed E-state index contributed by atoms with van der Waals surface area (Å²) in [6.45, 7) is 0. The topological polar surface area (TPSA) is 27.7 Å². The van der Waals surface area contributed by atoms with Gasteiger partial charge in [-0.3, -0.25) is 0 Å². The first-order valence-corrected chi connectivity index (χ1v) is 6.70.